The Kier molecular flexibility index (Phi) is 3.86. The van der Waals surface area contributed by atoms with Gasteiger partial charge in [0.05, 0.1) is 0 Å². The Labute approximate surface area is 90.3 Å². The highest BCUT2D eigenvalue weighted by atomic mass is 16.4. The van der Waals surface area contributed by atoms with Gasteiger partial charge in [-0.2, -0.15) is 0 Å². The number of aliphatic carboxylic acids is 1. The molecule has 0 fully saturated rings. The van der Waals surface area contributed by atoms with E-state index in [9.17, 15) is 9.90 Å². The molecule has 0 aliphatic rings. The van der Waals surface area contributed by atoms with E-state index in [1.165, 1.54) is 0 Å². The highest BCUT2D eigenvalue weighted by Gasteiger charge is 2.23. The fourth-order valence-electron chi connectivity index (χ4n) is 1.76. The van der Waals surface area contributed by atoms with Gasteiger partial charge in [-0.15, -0.1) is 0 Å². The maximum Gasteiger partial charge on any atom is 0.325 e. The topological polar surface area (TPSA) is 40.5 Å². The molecule has 0 unspecified atom stereocenters. The number of rotatable bonds is 4. The maximum atomic E-state index is 11.2. The normalized spacial score (nSPS) is 12.8. The first-order chi connectivity index (χ1) is 7.07. The maximum absolute atomic E-state index is 11.2. The van der Waals surface area contributed by atoms with Gasteiger partial charge in [-0.25, -0.2) is 0 Å². The Morgan fingerprint density at radius 2 is 2.00 bits per heavy atom. The number of nitrogens with zero attached hydrogens (tertiary/aromatic N) is 1. The van der Waals surface area contributed by atoms with Crippen LogP contribution in [0.5, 0.6) is 0 Å². The number of likely N-dealkylation sites (N-methyl/N-ethyl adjacent to an activating group) is 1. The SMILES string of the molecule is CCc1ccccc1[C@@H](C(=O)O)N(C)C. The van der Waals surface area contributed by atoms with E-state index in [0.29, 0.717) is 0 Å². The first-order valence-corrected chi connectivity index (χ1v) is 5.05. The molecule has 3 heteroatoms. The van der Waals surface area contributed by atoms with E-state index in [1.807, 2.05) is 31.2 Å². The zero-order valence-electron chi connectivity index (χ0n) is 9.40. The highest BCUT2D eigenvalue weighted by molar-refractivity contribution is 5.76. The number of carboxylic acids is 1. The molecule has 1 aromatic rings. The van der Waals surface area contributed by atoms with Gasteiger partial charge in [0, 0.05) is 0 Å². The predicted molar refractivity (Wildman–Crippen MR) is 59.9 cm³/mol. The van der Waals surface area contributed by atoms with Crippen molar-refractivity contribution in [3.63, 3.8) is 0 Å². The molecule has 0 aromatic heterocycles. The molecule has 0 aliphatic carbocycles. The van der Waals surface area contributed by atoms with Crippen molar-refractivity contribution in [2.24, 2.45) is 0 Å². The molecule has 3 nitrogen and oxygen atoms in total. The van der Waals surface area contributed by atoms with Crippen molar-refractivity contribution in [1.29, 1.82) is 0 Å². The van der Waals surface area contributed by atoms with Gasteiger partial charge >= 0.3 is 5.97 Å². The van der Waals surface area contributed by atoms with E-state index < -0.39 is 12.0 Å². The average Bonchev–Trinajstić information content (AvgIpc) is 2.17. The second kappa shape index (κ2) is 4.94. The summed E-state index contributed by atoms with van der Waals surface area (Å²) in [6, 6.07) is 7.14. The first-order valence-electron chi connectivity index (χ1n) is 5.05. The van der Waals surface area contributed by atoms with Gasteiger partial charge in [-0.1, -0.05) is 31.2 Å². The van der Waals surface area contributed by atoms with Crippen LogP contribution >= 0.6 is 0 Å². The number of hydrogen-bond acceptors (Lipinski definition) is 2. The summed E-state index contributed by atoms with van der Waals surface area (Å²) < 4.78 is 0. The summed E-state index contributed by atoms with van der Waals surface area (Å²) in [7, 11) is 3.57. The van der Waals surface area contributed by atoms with Gasteiger partial charge in [0.25, 0.3) is 0 Å². The summed E-state index contributed by atoms with van der Waals surface area (Å²) in [6.45, 7) is 2.04. The molecule has 0 amide bonds. The van der Waals surface area contributed by atoms with Crippen LogP contribution in [0.15, 0.2) is 24.3 Å². The van der Waals surface area contributed by atoms with Gasteiger partial charge in [0.15, 0.2) is 0 Å². The van der Waals surface area contributed by atoms with E-state index in [2.05, 4.69) is 0 Å². The number of benzene rings is 1. The lowest BCUT2D eigenvalue weighted by Gasteiger charge is -2.22. The molecule has 82 valence electrons. The van der Waals surface area contributed by atoms with Crippen molar-refractivity contribution in [2.45, 2.75) is 19.4 Å². The first kappa shape index (κ1) is 11.7. The fraction of sp³-hybridized carbons (Fsp3) is 0.417. The summed E-state index contributed by atoms with van der Waals surface area (Å²) in [4.78, 5) is 12.9. The van der Waals surface area contributed by atoms with Crippen molar-refractivity contribution in [2.75, 3.05) is 14.1 Å². The molecule has 0 heterocycles. The lowest BCUT2D eigenvalue weighted by Crippen LogP contribution is -2.28. The van der Waals surface area contributed by atoms with Gasteiger partial charge in [-0.3, -0.25) is 9.69 Å². The van der Waals surface area contributed by atoms with Crippen LogP contribution in [-0.2, 0) is 11.2 Å². The smallest absolute Gasteiger partial charge is 0.325 e. The Bertz CT molecular complexity index is 347. The zero-order valence-corrected chi connectivity index (χ0v) is 9.40. The van der Waals surface area contributed by atoms with Crippen LogP contribution in [0.4, 0.5) is 0 Å². The molecule has 0 spiro atoms. The van der Waals surface area contributed by atoms with Gasteiger partial charge in [0.1, 0.15) is 6.04 Å². The molecule has 0 saturated carbocycles. The van der Waals surface area contributed by atoms with Crippen LogP contribution in [0.1, 0.15) is 24.1 Å². The van der Waals surface area contributed by atoms with Crippen molar-refractivity contribution in [3.8, 4) is 0 Å². The van der Waals surface area contributed by atoms with E-state index in [1.54, 1.807) is 19.0 Å². The summed E-state index contributed by atoms with van der Waals surface area (Å²) in [6.07, 6.45) is 0.855. The molecule has 15 heavy (non-hydrogen) atoms. The van der Waals surface area contributed by atoms with Crippen LogP contribution in [0, 0.1) is 0 Å². The number of aryl methyl sites for hydroxylation is 1. The lowest BCUT2D eigenvalue weighted by atomic mass is 9.98. The van der Waals surface area contributed by atoms with E-state index in [4.69, 9.17) is 0 Å². The largest absolute Gasteiger partial charge is 0.480 e. The van der Waals surface area contributed by atoms with Gasteiger partial charge in [0.2, 0.25) is 0 Å². The van der Waals surface area contributed by atoms with E-state index in [0.717, 1.165) is 17.5 Å². The molecule has 0 bridgehead atoms. The standard InChI is InChI=1S/C12H17NO2/c1-4-9-7-5-6-8-10(9)11(12(14)15)13(2)3/h5-8,11H,4H2,1-3H3,(H,14,15)/t11-/m0/s1. The Morgan fingerprint density at radius 3 is 2.47 bits per heavy atom. The second-order valence-corrected chi connectivity index (χ2v) is 3.76. The van der Waals surface area contributed by atoms with Crippen molar-refractivity contribution < 1.29 is 9.90 Å². The number of carbonyl (C=O) groups is 1. The Morgan fingerprint density at radius 1 is 1.40 bits per heavy atom. The molecular formula is C12H17NO2. The fourth-order valence-corrected chi connectivity index (χ4v) is 1.76. The summed E-state index contributed by atoms with van der Waals surface area (Å²) in [5.41, 5.74) is 1.98. The highest BCUT2D eigenvalue weighted by Crippen LogP contribution is 2.22. The molecule has 1 rings (SSSR count). The van der Waals surface area contributed by atoms with Crippen LogP contribution < -0.4 is 0 Å². The predicted octanol–water partition coefficient (Wildman–Crippen LogP) is 1.94. The molecular weight excluding hydrogens is 190 g/mol. The third kappa shape index (κ3) is 2.57. The Hall–Kier alpha value is -1.35. The summed E-state index contributed by atoms with van der Waals surface area (Å²) in [5, 5.41) is 9.18. The van der Waals surface area contributed by atoms with Crippen LogP contribution in [-0.4, -0.2) is 30.1 Å². The molecule has 1 N–H and O–H groups in total. The molecule has 1 atom stereocenters. The zero-order chi connectivity index (χ0) is 11.4. The van der Waals surface area contributed by atoms with Crippen molar-refractivity contribution in [1.82, 2.24) is 4.90 Å². The monoisotopic (exact) mass is 207 g/mol. The lowest BCUT2D eigenvalue weighted by molar-refractivity contribution is -0.142. The van der Waals surface area contributed by atoms with Crippen LogP contribution in [0.3, 0.4) is 0 Å². The van der Waals surface area contributed by atoms with E-state index in [-0.39, 0.29) is 0 Å². The molecule has 0 aliphatic heterocycles. The third-order valence-electron chi connectivity index (χ3n) is 2.48. The van der Waals surface area contributed by atoms with Crippen LogP contribution in [0.2, 0.25) is 0 Å². The molecule has 0 radical (unpaired) electrons. The van der Waals surface area contributed by atoms with Gasteiger partial charge < -0.3 is 5.11 Å². The number of carboxylic acid groups (broad SMARTS) is 1. The third-order valence-corrected chi connectivity index (χ3v) is 2.48. The van der Waals surface area contributed by atoms with Crippen LogP contribution in [0.25, 0.3) is 0 Å². The van der Waals surface area contributed by atoms with Gasteiger partial charge in [-0.05, 0) is 31.6 Å². The van der Waals surface area contributed by atoms with Crippen molar-refractivity contribution >= 4 is 5.97 Å². The number of hydrogen-bond donors (Lipinski definition) is 1. The van der Waals surface area contributed by atoms with Crippen molar-refractivity contribution in [3.05, 3.63) is 35.4 Å². The molecule has 0 saturated heterocycles. The molecule has 1 aromatic carbocycles. The average molecular weight is 207 g/mol. The minimum absolute atomic E-state index is 0.554. The summed E-state index contributed by atoms with van der Waals surface area (Å²) >= 11 is 0. The second-order valence-electron chi connectivity index (χ2n) is 3.76. The van der Waals surface area contributed by atoms with E-state index >= 15 is 0 Å². The minimum Gasteiger partial charge on any atom is -0.480 e. The Balaban J connectivity index is 3.16. The minimum atomic E-state index is -0.805. The summed E-state index contributed by atoms with van der Waals surface area (Å²) in [5.74, 6) is -0.805. The quantitative estimate of drug-likeness (QED) is 0.820.